The standard InChI is InChI=1S/C52H34N4O/c1-5-17-35(18-6-1)39-29-31-45-43(33-39)52(41-25-13-15-27-47(41)57-48-28-16-14-26-42(48)52)44-34-40(36-19-7-2-8-20-36)30-32-46(44)56(45)51-54-49(37-21-9-3-10-22-37)53-50(55-51)38-23-11-4-12-24-38/h1-34H. The molecule has 0 aliphatic carbocycles. The maximum absolute atomic E-state index is 6.76. The third-order valence-electron chi connectivity index (χ3n) is 11.2. The molecule has 0 radical (unpaired) electrons. The lowest BCUT2D eigenvalue weighted by atomic mass is 9.60. The molecule has 8 aromatic carbocycles. The highest BCUT2D eigenvalue weighted by Gasteiger charge is 2.52. The van der Waals surface area contributed by atoms with E-state index in [0.717, 1.165) is 78.5 Å². The van der Waals surface area contributed by atoms with Gasteiger partial charge < -0.3 is 4.74 Å². The summed E-state index contributed by atoms with van der Waals surface area (Å²) in [6.07, 6.45) is 0. The van der Waals surface area contributed by atoms with Gasteiger partial charge in [0.15, 0.2) is 11.6 Å². The van der Waals surface area contributed by atoms with Crippen molar-refractivity contribution in [1.29, 1.82) is 0 Å². The van der Waals surface area contributed by atoms with Gasteiger partial charge in [0.25, 0.3) is 0 Å². The average molecular weight is 731 g/mol. The molecule has 3 heterocycles. The zero-order valence-corrected chi connectivity index (χ0v) is 30.8. The van der Waals surface area contributed by atoms with Gasteiger partial charge in [-0.05, 0) is 69.8 Å². The first-order chi connectivity index (χ1) is 28.3. The Bertz CT molecular complexity index is 2740. The Morgan fingerprint density at radius 2 is 0.719 bits per heavy atom. The van der Waals surface area contributed by atoms with Crippen LogP contribution in [-0.4, -0.2) is 15.0 Å². The predicted molar refractivity (Wildman–Crippen MR) is 228 cm³/mol. The molecule has 0 atom stereocenters. The molecule has 5 nitrogen and oxygen atoms in total. The van der Waals surface area contributed by atoms with E-state index in [0.29, 0.717) is 17.6 Å². The monoisotopic (exact) mass is 730 g/mol. The molecule has 0 fully saturated rings. The number of aromatic nitrogens is 3. The van der Waals surface area contributed by atoms with E-state index in [-0.39, 0.29) is 0 Å². The summed E-state index contributed by atoms with van der Waals surface area (Å²) in [5, 5.41) is 0. The number of hydrogen-bond donors (Lipinski definition) is 0. The van der Waals surface area contributed by atoms with Gasteiger partial charge in [0, 0.05) is 22.3 Å². The van der Waals surface area contributed by atoms with E-state index in [2.05, 4.69) is 175 Å². The molecular formula is C52H34N4O. The van der Waals surface area contributed by atoms with Gasteiger partial charge in [-0.15, -0.1) is 0 Å². The average Bonchev–Trinajstić information content (AvgIpc) is 3.29. The molecule has 5 heteroatoms. The predicted octanol–water partition coefficient (Wildman–Crippen LogP) is 12.8. The van der Waals surface area contributed by atoms with Crippen LogP contribution >= 0.6 is 0 Å². The van der Waals surface area contributed by atoms with E-state index in [1.807, 2.05) is 36.4 Å². The van der Waals surface area contributed by atoms with Crippen LogP contribution in [-0.2, 0) is 5.41 Å². The van der Waals surface area contributed by atoms with E-state index in [1.54, 1.807) is 0 Å². The Kier molecular flexibility index (Phi) is 7.64. The molecule has 0 N–H and O–H groups in total. The van der Waals surface area contributed by atoms with Gasteiger partial charge in [-0.2, -0.15) is 9.97 Å². The van der Waals surface area contributed by atoms with Crippen molar-refractivity contribution in [3.8, 4) is 56.5 Å². The molecule has 0 saturated carbocycles. The molecule has 57 heavy (non-hydrogen) atoms. The first-order valence-electron chi connectivity index (χ1n) is 19.2. The minimum absolute atomic E-state index is 0.536. The van der Waals surface area contributed by atoms with Crippen LogP contribution in [0.15, 0.2) is 206 Å². The van der Waals surface area contributed by atoms with Crippen LogP contribution in [0, 0.1) is 0 Å². The second-order valence-corrected chi connectivity index (χ2v) is 14.4. The van der Waals surface area contributed by atoms with Crippen LogP contribution in [0.1, 0.15) is 22.3 Å². The Labute approximate surface area is 331 Å². The topological polar surface area (TPSA) is 51.1 Å². The molecule has 9 aromatic rings. The summed E-state index contributed by atoms with van der Waals surface area (Å²) < 4.78 is 6.76. The van der Waals surface area contributed by atoms with Gasteiger partial charge in [0.05, 0.1) is 16.8 Å². The quantitative estimate of drug-likeness (QED) is 0.176. The molecule has 268 valence electrons. The summed E-state index contributed by atoms with van der Waals surface area (Å²) in [5.41, 5.74) is 11.9. The summed E-state index contributed by atoms with van der Waals surface area (Å²) in [5.74, 6) is 3.40. The fourth-order valence-corrected chi connectivity index (χ4v) is 8.65. The fourth-order valence-electron chi connectivity index (χ4n) is 8.65. The normalized spacial score (nSPS) is 13.2. The summed E-state index contributed by atoms with van der Waals surface area (Å²) in [7, 11) is 0. The number of benzene rings is 8. The van der Waals surface area contributed by atoms with Crippen molar-refractivity contribution >= 4 is 17.3 Å². The van der Waals surface area contributed by atoms with Crippen LogP contribution in [0.2, 0.25) is 0 Å². The molecule has 0 unspecified atom stereocenters. The second kappa shape index (κ2) is 13.3. The lowest BCUT2D eigenvalue weighted by molar-refractivity contribution is 0.434. The van der Waals surface area contributed by atoms with Crippen LogP contribution < -0.4 is 9.64 Å². The molecule has 1 aromatic heterocycles. The highest BCUT2D eigenvalue weighted by molar-refractivity contribution is 5.92. The third-order valence-corrected chi connectivity index (χ3v) is 11.2. The Hall–Kier alpha value is -7.63. The maximum atomic E-state index is 6.76. The van der Waals surface area contributed by atoms with Crippen LogP contribution in [0.3, 0.4) is 0 Å². The lowest BCUT2D eigenvalue weighted by Crippen LogP contribution is -2.40. The number of para-hydroxylation sites is 2. The van der Waals surface area contributed by atoms with Crippen molar-refractivity contribution in [2.45, 2.75) is 5.41 Å². The molecular weight excluding hydrogens is 697 g/mol. The Balaban J connectivity index is 1.28. The molecule has 2 aliphatic heterocycles. The number of nitrogens with zero attached hydrogens (tertiary/aromatic N) is 4. The van der Waals surface area contributed by atoms with Crippen molar-refractivity contribution in [3.05, 3.63) is 229 Å². The van der Waals surface area contributed by atoms with Crippen LogP contribution in [0.5, 0.6) is 11.5 Å². The minimum Gasteiger partial charge on any atom is -0.457 e. The number of ether oxygens (including phenoxy) is 1. The van der Waals surface area contributed by atoms with E-state index in [4.69, 9.17) is 19.7 Å². The van der Waals surface area contributed by atoms with Crippen molar-refractivity contribution < 1.29 is 4.74 Å². The fraction of sp³-hybridized carbons (Fsp3) is 0.0192. The van der Waals surface area contributed by atoms with Gasteiger partial charge >= 0.3 is 0 Å². The highest BCUT2D eigenvalue weighted by Crippen LogP contribution is 2.63. The van der Waals surface area contributed by atoms with Gasteiger partial charge in [0.2, 0.25) is 5.95 Å². The van der Waals surface area contributed by atoms with Crippen LogP contribution in [0.4, 0.5) is 17.3 Å². The van der Waals surface area contributed by atoms with Crippen LogP contribution in [0.25, 0.3) is 45.0 Å². The Morgan fingerprint density at radius 1 is 0.333 bits per heavy atom. The van der Waals surface area contributed by atoms with E-state index in [9.17, 15) is 0 Å². The zero-order chi connectivity index (χ0) is 37.8. The first-order valence-corrected chi connectivity index (χ1v) is 19.2. The summed E-state index contributed by atoms with van der Waals surface area (Å²) in [4.78, 5) is 17.9. The third kappa shape index (κ3) is 5.28. The van der Waals surface area contributed by atoms with E-state index in [1.165, 1.54) is 0 Å². The van der Waals surface area contributed by atoms with Gasteiger partial charge in [-0.1, -0.05) is 170 Å². The summed E-state index contributed by atoms with van der Waals surface area (Å²) in [6, 6.07) is 72.1. The number of fused-ring (bicyclic) bond motifs is 8. The number of hydrogen-bond acceptors (Lipinski definition) is 5. The largest absolute Gasteiger partial charge is 0.457 e. The van der Waals surface area contributed by atoms with Crippen molar-refractivity contribution in [1.82, 2.24) is 15.0 Å². The zero-order valence-electron chi connectivity index (χ0n) is 30.8. The molecule has 0 bridgehead atoms. The minimum atomic E-state index is -0.778. The van der Waals surface area contributed by atoms with Gasteiger partial charge in [-0.25, -0.2) is 4.98 Å². The summed E-state index contributed by atoms with van der Waals surface area (Å²) >= 11 is 0. The number of anilines is 3. The van der Waals surface area contributed by atoms with E-state index >= 15 is 0 Å². The van der Waals surface area contributed by atoms with Gasteiger partial charge in [-0.3, -0.25) is 4.90 Å². The summed E-state index contributed by atoms with van der Waals surface area (Å²) in [6.45, 7) is 0. The Morgan fingerprint density at radius 3 is 1.16 bits per heavy atom. The van der Waals surface area contributed by atoms with Crippen molar-refractivity contribution in [2.75, 3.05) is 4.90 Å². The smallest absolute Gasteiger partial charge is 0.238 e. The lowest BCUT2D eigenvalue weighted by Gasteiger charge is -2.48. The van der Waals surface area contributed by atoms with Gasteiger partial charge in [0.1, 0.15) is 11.5 Å². The molecule has 1 spiro atoms. The highest BCUT2D eigenvalue weighted by atomic mass is 16.5. The molecule has 11 rings (SSSR count). The van der Waals surface area contributed by atoms with E-state index < -0.39 is 5.41 Å². The maximum Gasteiger partial charge on any atom is 0.238 e. The first kappa shape index (κ1) is 32.8. The second-order valence-electron chi connectivity index (χ2n) is 14.4. The van der Waals surface area contributed by atoms with Crippen molar-refractivity contribution in [2.24, 2.45) is 0 Å². The van der Waals surface area contributed by atoms with Crippen molar-refractivity contribution in [3.63, 3.8) is 0 Å². The molecule has 0 amide bonds. The molecule has 0 saturated heterocycles. The SMILES string of the molecule is c1ccc(-c2ccc3c(c2)C2(c4ccccc4Oc4ccccc42)c2cc(-c4ccccc4)ccc2N3c2nc(-c3ccccc3)nc(-c3ccccc3)n2)cc1. The molecule has 2 aliphatic rings. The number of rotatable bonds is 5.